The molecule has 0 N–H and O–H groups in total. The number of hydrogen-bond donors (Lipinski definition) is 0. The molecule has 2 aliphatic heterocycles. The Hall–Kier alpha value is -2.31. The van der Waals surface area contributed by atoms with E-state index in [-0.39, 0.29) is 24.6 Å². The van der Waals surface area contributed by atoms with Gasteiger partial charge in [-0.05, 0) is 36.6 Å². The highest BCUT2D eigenvalue weighted by atomic mass is 35.5. The number of nitrogens with zero attached hydrogens (tertiary/aromatic N) is 2. The van der Waals surface area contributed by atoms with Crippen LogP contribution < -0.4 is 9.47 Å². The van der Waals surface area contributed by atoms with E-state index in [1.807, 2.05) is 23.1 Å². The molecule has 2 aliphatic rings. The maximum absolute atomic E-state index is 14.0. The molecule has 2 aromatic carbocycles. The summed E-state index contributed by atoms with van der Waals surface area (Å²) in [5, 5.41) is 0.566. The monoisotopic (exact) mass is 418 g/mol. The van der Waals surface area contributed by atoms with Crippen molar-refractivity contribution in [3.8, 4) is 11.5 Å². The summed E-state index contributed by atoms with van der Waals surface area (Å²) < 4.78 is 24.8. The van der Waals surface area contributed by atoms with Gasteiger partial charge in [-0.1, -0.05) is 29.8 Å². The third kappa shape index (κ3) is 4.49. The van der Waals surface area contributed by atoms with Gasteiger partial charge in [0.1, 0.15) is 5.82 Å². The standard InChI is InChI=1S/C22H24ClFN2O3/c1-15(10-16-4-2-3-5-19(16)24)25-7-6-22(27)26(9-8-25)13-17-11-20-21(12-18(17)23)29-14-28-20/h2-5,11-12,15H,6-10,13-14H2,1H3. The van der Waals surface area contributed by atoms with E-state index in [2.05, 4.69) is 11.8 Å². The number of rotatable bonds is 5. The van der Waals surface area contributed by atoms with Gasteiger partial charge in [0.15, 0.2) is 11.5 Å². The van der Waals surface area contributed by atoms with Gasteiger partial charge >= 0.3 is 0 Å². The first-order valence-electron chi connectivity index (χ1n) is 9.84. The molecule has 1 saturated heterocycles. The maximum atomic E-state index is 14.0. The second kappa shape index (κ2) is 8.59. The number of carbonyl (C=O) groups excluding carboxylic acids is 1. The molecule has 0 radical (unpaired) electrons. The van der Waals surface area contributed by atoms with Gasteiger partial charge in [-0.2, -0.15) is 0 Å². The van der Waals surface area contributed by atoms with Crippen molar-refractivity contribution in [2.75, 3.05) is 26.4 Å². The van der Waals surface area contributed by atoms with Crippen LogP contribution in [0.25, 0.3) is 0 Å². The zero-order chi connectivity index (χ0) is 20.4. The van der Waals surface area contributed by atoms with Gasteiger partial charge in [0.05, 0.1) is 0 Å². The Morgan fingerprint density at radius 2 is 1.86 bits per heavy atom. The lowest BCUT2D eigenvalue weighted by atomic mass is 10.1. The Labute approximate surface area is 175 Å². The van der Waals surface area contributed by atoms with Gasteiger partial charge < -0.3 is 14.4 Å². The van der Waals surface area contributed by atoms with Crippen LogP contribution in [-0.2, 0) is 17.8 Å². The molecule has 1 atom stereocenters. The van der Waals surface area contributed by atoms with Gasteiger partial charge in [0, 0.05) is 49.7 Å². The lowest BCUT2D eigenvalue weighted by molar-refractivity contribution is -0.130. The van der Waals surface area contributed by atoms with Crippen molar-refractivity contribution < 1.29 is 18.7 Å². The van der Waals surface area contributed by atoms with Gasteiger partial charge in [-0.25, -0.2) is 4.39 Å². The topological polar surface area (TPSA) is 42.0 Å². The number of ether oxygens (including phenoxy) is 2. The second-order valence-electron chi connectivity index (χ2n) is 7.54. The normalized spacial score (nSPS) is 18.0. The first-order chi connectivity index (χ1) is 14.0. The minimum absolute atomic E-state index is 0.0966. The highest BCUT2D eigenvalue weighted by molar-refractivity contribution is 6.31. The lowest BCUT2D eigenvalue weighted by Gasteiger charge is -2.28. The molecule has 1 unspecified atom stereocenters. The van der Waals surface area contributed by atoms with Gasteiger partial charge in [-0.15, -0.1) is 0 Å². The minimum atomic E-state index is -0.177. The van der Waals surface area contributed by atoms with Crippen LogP contribution in [0.1, 0.15) is 24.5 Å². The van der Waals surface area contributed by atoms with E-state index in [9.17, 15) is 9.18 Å². The number of hydrogen-bond acceptors (Lipinski definition) is 4. The van der Waals surface area contributed by atoms with Crippen LogP contribution in [0, 0.1) is 5.82 Å². The summed E-state index contributed by atoms with van der Waals surface area (Å²) in [6.45, 7) is 4.71. The molecule has 0 aliphatic carbocycles. The smallest absolute Gasteiger partial charge is 0.231 e. The van der Waals surface area contributed by atoms with Crippen molar-refractivity contribution in [2.45, 2.75) is 32.4 Å². The van der Waals surface area contributed by atoms with E-state index in [4.69, 9.17) is 21.1 Å². The molecule has 29 heavy (non-hydrogen) atoms. The van der Waals surface area contributed by atoms with Gasteiger partial charge in [-0.3, -0.25) is 9.69 Å². The summed E-state index contributed by atoms with van der Waals surface area (Å²) in [6.07, 6.45) is 1.05. The first-order valence-corrected chi connectivity index (χ1v) is 10.2. The summed E-state index contributed by atoms with van der Waals surface area (Å²) in [4.78, 5) is 16.8. The number of carbonyl (C=O) groups is 1. The van der Waals surface area contributed by atoms with E-state index in [0.29, 0.717) is 54.6 Å². The minimum Gasteiger partial charge on any atom is -0.454 e. The quantitative estimate of drug-likeness (QED) is 0.739. The van der Waals surface area contributed by atoms with Crippen LogP contribution in [0.15, 0.2) is 36.4 Å². The van der Waals surface area contributed by atoms with Crippen molar-refractivity contribution in [3.63, 3.8) is 0 Å². The van der Waals surface area contributed by atoms with E-state index < -0.39 is 0 Å². The molecule has 5 nitrogen and oxygen atoms in total. The fourth-order valence-corrected chi connectivity index (χ4v) is 4.10. The third-order valence-corrected chi connectivity index (χ3v) is 5.97. The average Bonchev–Trinajstić information content (AvgIpc) is 3.07. The average molecular weight is 419 g/mol. The SMILES string of the molecule is CC(Cc1ccccc1F)N1CCC(=O)N(Cc2cc3c(cc2Cl)OCO3)CC1. The van der Waals surface area contributed by atoms with Crippen molar-refractivity contribution in [1.82, 2.24) is 9.80 Å². The molecule has 0 saturated carbocycles. The molecule has 2 aromatic rings. The zero-order valence-electron chi connectivity index (χ0n) is 16.4. The predicted octanol–water partition coefficient (Wildman–Crippen LogP) is 3.87. The van der Waals surface area contributed by atoms with E-state index >= 15 is 0 Å². The maximum Gasteiger partial charge on any atom is 0.231 e. The van der Waals surface area contributed by atoms with Crippen LogP contribution >= 0.6 is 11.6 Å². The lowest BCUT2D eigenvalue weighted by Crippen LogP contribution is -2.38. The molecule has 0 aromatic heterocycles. The van der Waals surface area contributed by atoms with Crippen molar-refractivity contribution in [1.29, 1.82) is 0 Å². The summed E-state index contributed by atoms with van der Waals surface area (Å²) in [5.74, 6) is 1.21. The number of fused-ring (bicyclic) bond motifs is 1. The molecule has 0 spiro atoms. The van der Waals surface area contributed by atoms with Crippen LogP contribution in [-0.4, -0.2) is 48.2 Å². The molecular weight excluding hydrogens is 395 g/mol. The van der Waals surface area contributed by atoms with E-state index in [0.717, 1.165) is 12.1 Å². The molecule has 1 amide bonds. The predicted molar refractivity (Wildman–Crippen MR) is 109 cm³/mol. The Kier molecular flexibility index (Phi) is 5.92. The summed E-state index contributed by atoms with van der Waals surface area (Å²) >= 11 is 6.38. The molecule has 4 rings (SSSR count). The molecule has 0 bridgehead atoms. The third-order valence-electron chi connectivity index (χ3n) is 5.62. The molecule has 7 heteroatoms. The van der Waals surface area contributed by atoms with Crippen molar-refractivity contribution in [2.24, 2.45) is 0 Å². The van der Waals surface area contributed by atoms with Gasteiger partial charge in [0.2, 0.25) is 12.7 Å². The Balaban J connectivity index is 1.41. The fraction of sp³-hybridized carbons (Fsp3) is 0.409. The molecule has 1 fully saturated rings. The van der Waals surface area contributed by atoms with Crippen LogP contribution in [0.2, 0.25) is 5.02 Å². The number of halogens is 2. The van der Waals surface area contributed by atoms with Crippen LogP contribution in [0.3, 0.4) is 0 Å². The first kappa shape index (κ1) is 20.0. The largest absolute Gasteiger partial charge is 0.454 e. The zero-order valence-corrected chi connectivity index (χ0v) is 17.1. The van der Waals surface area contributed by atoms with Crippen molar-refractivity contribution >= 4 is 17.5 Å². The highest BCUT2D eigenvalue weighted by Crippen LogP contribution is 2.37. The van der Waals surface area contributed by atoms with E-state index in [1.165, 1.54) is 6.07 Å². The van der Waals surface area contributed by atoms with Crippen LogP contribution in [0.5, 0.6) is 11.5 Å². The fourth-order valence-electron chi connectivity index (χ4n) is 3.89. The van der Waals surface area contributed by atoms with Crippen molar-refractivity contribution in [3.05, 3.63) is 58.4 Å². The van der Waals surface area contributed by atoms with Crippen LogP contribution in [0.4, 0.5) is 4.39 Å². The van der Waals surface area contributed by atoms with E-state index in [1.54, 1.807) is 12.1 Å². The molecule has 154 valence electrons. The Bertz CT molecular complexity index is 908. The Morgan fingerprint density at radius 1 is 1.10 bits per heavy atom. The second-order valence-corrected chi connectivity index (χ2v) is 7.95. The van der Waals surface area contributed by atoms with Gasteiger partial charge in [0.25, 0.3) is 0 Å². The Morgan fingerprint density at radius 3 is 2.66 bits per heavy atom. The number of benzene rings is 2. The molecular formula is C22H24ClFN2O3. The summed E-state index contributed by atoms with van der Waals surface area (Å²) in [5.41, 5.74) is 1.55. The summed E-state index contributed by atoms with van der Waals surface area (Å²) in [6, 6.07) is 10.6. The highest BCUT2D eigenvalue weighted by Gasteiger charge is 2.26. The summed E-state index contributed by atoms with van der Waals surface area (Å²) in [7, 11) is 0. The molecule has 2 heterocycles. The number of amides is 1.